The minimum Gasteiger partial charge on any atom is -0.379 e. The molecule has 5 heteroatoms. The minimum atomic E-state index is -0.134. The third-order valence-corrected chi connectivity index (χ3v) is 5.78. The minimum absolute atomic E-state index is 0.134. The predicted octanol–water partition coefficient (Wildman–Crippen LogP) is 4.39. The number of hydrogen-bond donors (Lipinski definition) is 1. The van der Waals surface area contributed by atoms with Crippen LogP contribution in [0.25, 0.3) is 11.1 Å². The lowest BCUT2D eigenvalue weighted by molar-refractivity contribution is 0.364. The van der Waals surface area contributed by atoms with Crippen LogP contribution in [-0.4, -0.2) is 15.9 Å². The summed E-state index contributed by atoms with van der Waals surface area (Å²) in [6.45, 7) is 0. The molecule has 1 unspecified atom stereocenters. The van der Waals surface area contributed by atoms with Crippen LogP contribution < -0.4 is 5.73 Å². The number of fused-ring (bicyclic) bond motifs is 2. The molecule has 2 N–H and O–H groups in total. The Labute approximate surface area is 145 Å². The Morgan fingerprint density at radius 2 is 2.04 bits per heavy atom. The number of nitrogens with two attached hydrogens (primary N) is 1. The van der Waals surface area contributed by atoms with Gasteiger partial charge in [-0.15, -0.1) is 0 Å². The first-order valence-electron chi connectivity index (χ1n) is 7.89. The highest BCUT2D eigenvalue weighted by atomic mass is 35.5. The monoisotopic (exact) mass is 343 g/mol. The summed E-state index contributed by atoms with van der Waals surface area (Å²) in [6, 6.07) is 8.63. The molecule has 1 atom stereocenters. The number of hydrogen-bond acceptors (Lipinski definition) is 4. The van der Waals surface area contributed by atoms with Gasteiger partial charge in [0, 0.05) is 23.7 Å². The smallest absolute Gasteiger partial charge is 0.154 e. The summed E-state index contributed by atoms with van der Waals surface area (Å²) in [7, 11) is 0. The summed E-state index contributed by atoms with van der Waals surface area (Å²) in [4.78, 5) is 9.09. The van der Waals surface area contributed by atoms with E-state index in [1.54, 1.807) is 18.0 Å². The lowest BCUT2D eigenvalue weighted by Gasteiger charge is -2.38. The Morgan fingerprint density at radius 1 is 1.13 bits per heavy atom. The molecule has 1 aromatic carbocycles. The van der Waals surface area contributed by atoms with E-state index < -0.39 is 0 Å². The van der Waals surface area contributed by atoms with Crippen LogP contribution in [0.1, 0.15) is 30.4 Å². The van der Waals surface area contributed by atoms with Gasteiger partial charge in [-0.3, -0.25) is 9.98 Å². The van der Waals surface area contributed by atoms with E-state index in [1.807, 2.05) is 12.3 Å². The zero-order valence-corrected chi connectivity index (χ0v) is 14.3. The van der Waals surface area contributed by atoms with Crippen LogP contribution in [0.3, 0.4) is 0 Å². The van der Waals surface area contributed by atoms with E-state index in [9.17, 15) is 0 Å². The molecular formula is C18H18ClN3S. The van der Waals surface area contributed by atoms with Gasteiger partial charge in [0.25, 0.3) is 0 Å². The lowest BCUT2D eigenvalue weighted by Crippen LogP contribution is -2.35. The van der Waals surface area contributed by atoms with Crippen LogP contribution in [0.15, 0.2) is 41.7 Å². The number of thioether (sulfide) groups is 1. The average Bonchev–Trinajstić information content (AvgIpc) is 2.55. The van der Waals surface area contributed by atoms with Gasteiger partial charge in [-0.05, 0) is 54.5 Å². The van der Waals surface area contributed by atoms with Crippen molar-refractivity contribution < 1.29 is 0 Å². The maximum Gasteiger partial charge on any atom is 0.154 e. The summed E-state index contributed by atoms with van der Waals surface area (Å²) in [5.41, 5.74) is 10.8. The van der Waals surface area contributed by atoms with Gasteiger partial charge in [0.2, 0.25) is 0 Å². The molecule has 3 nitrogen and oxygen atoms in total. The largest absolute Gasteiger partial charge is 0.379 e. The van der Waals surface area contributed by atoms with Crippen molar-refractivity contribution in [2.45, 2.75) is 31.2 Å². The molecule has 0 radical (unpaired) electrons. The van der Waals surface area contributed by atoms with Crippen LogP contribution in [0.5, 0.6) is 0 Å². The summed E-state index contributed by atoms with van der Waals surface area (Å²) < 4.78 is 0. The van der Waals surface area contributed by atoms with Crippen LogP contribution >= 0.6 is 23.4 Å². The Hall–Kier alpha value is -1.52. The predicted molar refractivity (Wildman–Crippen MR) is 98.0 cm³/mol. The molecule has 4 rings (SSSR count). The van der Waals surface area contributed by atoms with Crippen molar-refractivity contribution in [1.82, 2.24) is 4.98 Å². The Bertz CT molecular complexity index is 790. The van der Waals surface area contributed by atoms with Crippen molar-refractivity contribution in [3.63, 3.8) is 0 Å². The van der Waals surface area contributed by atoms with E-state index >= 15 is 0 Å². The van der Waals surface area contributed by atoms with Gasteiger partial charge in [-0.25, -0.2) is 0 Å². The summed E-state index contributed by atoms with van der Waals surface area (Å²) in [5, 5.41) is 1.38. The van der Waals surface area contributed by atoms with Crippen molar-refractivity contribution in [3.8, 4) is 11.1 Å². The molecule has 23 heavy (non-hydrogen) atoms. The topological polar surface area (TPSA) is 51.3 Å². The molecule has 0 bridgehead atoms. The number of amidine groups is 1. The number of aromatic nitrogens is 1. The highest BCUT2D eigenvalue weighted by Crippen LogP contribution is 2.45. The molecule has 0 fully saturated rings. The molecule has 1 aliphatic heterocycles. The van der Waals surface area contributed by atoms with Gasteiger partial charge in [0.15, 0.2) is 5.17 Å². The third kappa shape index (κ3) is 2.74. The number of halogens is 1. The normalized spacial score (nSPS) is 23.4. The number of benzene rings is 1. The molecule has 2 aromatic rings. The fraction of sp³-hybridized carbons (Fsp3) is 0.333. The van der Waals surface area contributed by atoms with E-state index in [4.69, 9.17) is 22.3 Å². The highest BCUT2D eigenvalue weighted by Gasteiger charge is 2.38. The van der Waals surface area contributed by atoms with Crippen molar-refractivity contribution in [2.24, 2.45) is 10.7 Å². The second-order valence-corrected chi connectivity index (χ2v) is 7.75. The van der Waals surface area contributed by atoms with Gasteiger partial charge in [-0.1, -0.05) is 35.5 Å². The number of rotatable bonds is 1. The second kappa shape index (κ2) is 5.84. The zero-order valence-electron chi connectivity index (χ0n) is 12.8. The van der Waals surface area contributed by atoms with E-state index in [0.717, 1.165) is 41.3 Å². The molecule has 1 spiro atoms. The molecule has 2 aliphatic rings. The van der Waals surface area contributed by atoms with Gasteiger partial charge >= 0.3 is 0 Å². The maximum absolute atomic E-state index is 6.10. The van der Waals surface area contributed by atoms with Crippen LogP contribution in [0.2, 0.25) is 5.02 Å². The van der Waals surface area contributed by atoms with E-state index in [-0.39, 0.29) is 5.54 Å². The summed E-state index contributed by atoms with van der Waals surface area (Å²) in [5.74, 6) is 1.04. The van der Waals surface area contributed by atoms with Gasteiger partial charge in [0.05, 0.1) is 10.6 Å². The summed E-state index contributed by atoms with van der Waals surface area (Å²) >= 11 is 7.76. The Kier molecular flexibility index (Phi) is 3.82. The number of aliphatic imine (C=N–C) groups is 1. The molecule has 0 amide bonds. The van der Waals surface area contributed by atoms with Gasteiger partial charge < -0.3 is 5.73 Å². The number of aryl methyl sites for hydroxylation is 1. The lowest BCUT2D eigenvalue weighted by atomic mass is 9.74. The second-order valence-electron chi connectivity index (χ2n) is 6.20. The van der Waals surface area contributed by atoms with Crippen molar-refractivity contribution in [1.29, 1.82) is 0 Å². The molecule has 118 valence electrons. The highest BCUT2D eigenvalue weighted by molar-refractivity contribution is 8.13. The van der Waals surface area contributed by atoms with E-state index in [2.05, 4.69) is 23.2 Å². The SMILES string of the molecule is NC1=NC2(CCCc3ccc(-c4cncc(Cl)c4)cc32)CCS1. The fourth-order valence-corrected chi connectivity index (χ4v) is 4.74. The zero-order chi connectivity index (χ0) is 15.9. The number of nitrogens with zero attached hydrogens (tertiary/aromatic N) is 2. The molecule has 0 saturated carbocycles. The van der Waals surface area contributed by atoms with Crippen LogP contribution in [0.4, 0.5) is 0 Å². The number of pyridine rings is 1. The Balaban J connectivity index is 1.85. The first kappa shape index (κ1) is 15.0. The van der Waals surface area contributed by atoms with Crippen LogP contribution in [0, 0.1) is 0 Å². The Morgan fingerprint density at radius 3 is 2.87 bits per heavy atom. The van der Waals surface area contributed by atoms with Crippen LogP contribution in [-0.2, 0) is 12.0 Å². The standard InChI is InChI=1S/C18H18ClN3S/c19-15-8-14(10-21-11-15)13-4-3-12-2-1-5-18(16(12)9-13)6-7-23-17(20)22-18/h3-4,8-11H,1-2,5-7H2,(H2,20,22). The fourth-order valence-electron chi connectivity index (χ4n) is 3.68. The quantitative estimate of drug-likeness (QED) is 0.835. The summed E-state index contributed by atoms with van der Waals surface area (Å²) in [6.07, 6.45) is 7.95. The van der Waals surface area contributed by atoms with E-state index in [0.29, 0.717) is 5.02 Å². The molecule has 1 aliphatic carbocycles. The first-order valence-corrected chi connectivity index (χ1v) is 9.25. The maximum atomic E-state index is 6.10. The van der Waals surface area contributed by atoms with Gasteiger partial charge in [-0.2, -0.15) is 0 Å². The molecule has 1 aromatic heterocycles. The van der Waals surface area contributed by atoms with Crippen molar-refractivity contribution >= 4 is 28.5 Å². The van der Waals surface area contributed by atoms with Crippen molar-refractivity contribution in [3.05, 3.63) is 52.8 Å². The molecular weight excluding hydrogens is 326 g/mol. The van der Waals surface area contributed by atoms with Crippen molar-refractivity contribution in [2.75, 3.05) is 5.75 Å². The van der Waals surface area contributed by atoms with Gasteiger partial charge in [0.1, 0.15) is 0 Å². The third-order valence-electron chi connectivity index (χ3n) is 4.78. The molecule has 0 saturated heterocycles. The average molecular weight is 344 g/mol. The molecule has 2 heterocycles. The van der Waals surface area contributed by atoms with E-state index in [1.165, 1.54) is 17.5 Å². The first-order chi connectivity index (χ1) is 11.2.